The fourth-order valence-corrected chi connectivity index (χ4v) is 1.04. The van der Waals surface area contributed by atoms with Gasteiger partial charge in [-0.05, 0) is 13.8 Å². The van der Waals surface area contributed by atoms with Gasteiger partial charge in [-0.2, -0.15) is 0 Å². The Balaban J connectivity index is 0.000000770. The first kappa shape index (κ1) is 16.4. The molecule has 1 aliphatic heterocycles. The normalized spacial score (nSPS) is 19.5. The van der Waals surface area contributed by atoms with E-state index in [1.54, 1.807) is 32.1 Å². The molecule has 1 rings (SSSR count). The van der Waals surface area contributed by atoms with Crippen LogP contribution in [0.5, 0.6) is 0 Å². The summed E-state index contributed by atoms with van der Waals surface area (Å²) in [5.74, 6) is 0. The molecule has 0 bridgehead atoms. The van der Waals surface area contributed by atoms with E-state index in [4.69, 9.17) is 29.8 Å². The van der Waals surface area contributed by atoms with Crippen molar-refractivity contribution in [3.05, 3.63) is 29.2 Å². The van der Waals surface area contributed by atoms with Gasteiger partial charge in [0, 0.05) is 5.71 Å². The number of oxime groups is 2. The SMILES string of the molecule is CC(=NO)C1=CC=CC(C(C)=NO)[N-]1.[Cl][Zn][Cl]. The molecule has 5 nitrogen and oxygen atoms in total. The minimum absolute atomic E-state index is 0.281. The fraction of sp³-hybridized carbons (Fsp3) is 0.333. The van der Waals surface area contributed by atoms with E-state index in [1.165, 1.54) is 0 Å². The Bertz CT molecular complexity index is 356. The molecule has 0 amide bonds. The van der Waals surface area contributed by atoms with Crippen LogP contribution in [-0.2, 0) is 15.1 Å². The molecular formula is C9H12Cl2N3O2Zn-. The summed E-state index contributed by atoms with van der Waals surface area (Å²) < 4.78 is 0. The first-order valence-electron chi connectivity index (χ1n) is 4.69. The van der Waals surface area contributed by atoms with Gasteiger partial charge in [0.2, 0.25) is 0 Å². The molecule has 0 aromatic heterocycles. The third-order valence-corrected chi connectivity index (χ3v) is 1.93. The zero-order valence-corrected chi connectivity index (χ0v) is 14.0. The molecule has 0 saturated heterocycles. The summed E-state index contributed by atoms with van der Waals surface area (Å²) in [5.41, 5.74) is 1.52. The Morgan fingerprint density at radius 2 is 1.94 bits per heavy atom. The molecule has 8 heteroatoms. The molecule has 0 spiro atoms. The van der Waals surface area contributed by atoms with Crippen molar-refractivity contribution >= 4 is 30.8 Å². The quantitative estimate of drug-likeness (QED) is 0.353. The number of hydrogen-bond donors (Lipinski definition) is 2. The summed E-state index contributed by atoms with van der Waals surface area (Å²) in [6, 6.07) is -0.281. The molecule has 1 atom stereocenters. The van der Waals surface area contributed by atoms with Crippen LogP contribution in [0.3, 0.4) is 0 Å². The third-order valence-electron chi connectivity index (χ3n) is 1.93. The van der Waals surface area contributed by atoms with Crippen LogP contribution in [0.4, 0.5) is 0 Å². The molecule has 92 valence electrons. The Kier molecular flexibility index (Phi) is 9.13. The van der Waals surface area contributed by atoms with E-state index >= 15 is 0 Å². The Hall–Kier alpha value is -0.577. The third kappa shape index (κ3) is 6.06. The molecule has 0 aromatic rings. The van der Waals surface area contributed by atoms with E-state index in [-0.39, 0.29) is 6.04 Å². The van der Waals surface area contributed by atoms with Gasteiger partial charge in [0.1, 0.15) is 0 Å². The summed E-state index contributed by atoms with van der Waals surface area (Å²) in [4.78, 5) is 0. The number of nitrogens with zero attached hydrogens (tertiary/aromatic N) is 3. The topological polar surface area (TPSA) is 79.3 Å². The summed E-state index contributed by atoms with van der Waals surface area (Å²) >= 11 is -0.931. The average Bonchev–Trinajstić information content (AvgIpc) is 2.38. The molecule has 0 radical (unpaired) electrons. The first-order chi connectivity index (χ1) is 8.10. The van der Waals surface area contributed by atoms with Crippen LogP contribution in [-0.4, -0.2) is 27.9 Å². The standard InChI is InChI=1S/C9H12N3O2.2ClH.Zn/c1-6(11-13)8-4-3-5-9(10-8)7(2)12-14;;;/h3-5,8,13-14H,1-2H3;2*1H;/q-1;;;+2/p-2. The second-order valence-electron chi connectivity index (χ2n) is 3.04. The Morgan fingerprint density at radius 3 is 2.41 bits per heavy atom. The number of halogens is 2. The first-order valence-corrected chi connectivity index (χ1v) is 12.5. The zero-order chi connectivity index (χ0) is 13.3. The summed E-state index contributed by atoms with van der Waals surface area (Å²) in [7, 11) is 9.90. The van der Waals surface area contributed by atoms with Crippen molar-refractivity contribution in [1.82, 2.24) is 0 Å². The molecule has 0 aromatic carbocycles. The average molecular weight is 331 g/mol. The van der Waals surface area contributed by atoms with Crippen LogP contribution in [0.2, 0.25) is 0 Å². The van der Waals surface area contributed by atoms with Crippen molar-refractivity contribution < 1.29 is 25.6 Å². The van der Waals surface area contributed by atoms with Crippen LogP contribution >= 0.6 is 19.4 Å². The predicted molar refractivity (Wildman–Crippen MR) is 65.9 cm³/mol. The molecule has 2 N–H and O–H groups in total. The van der Waals surface area contributed by atoms with Crippen molar-refractivity contribution in [2.24, 2.45) is 10.3 Å². The van der Waals surface area contributed by atoms with Crippen molar-refractivity contribution in [3.63, 3.8) is 0 Å². The fourth-order valence-electron chi connectivity index (χ4n) is 1.04. The van der Waals surface area contributed by atoms with Gasteiger partial charge in [0.15, 0.2) is 0 Å². The van der Waals surface area contributed by atoms with E-state index in [2.05, 4.69) is 15.6 Å². The van der Waals surface area contributed by atoms with E-state index < -0.39 is 15.1 Å². The Morgan fingerprint density at radius 1 is 1.35 bits per heavy atom. The van der Waals surface area contributed by atoms with Crippen LogP contribution in [0.15, 0.2) is 34.2 Å². The van der Waals surface area contributed by atoms with Crippen LogP contribution < -0.4 is 0 Å². The second kappa shape index (κ2) is 9.45. The monoisotopic (exact) mass is 328 g/mol. The van der Waals surface area contributed by atoms with Gasteiger partial charge in [-0.25, -0.2) is 0 Å². The van der Waals surface area contributed by atoms with Gasteiger partial charge >= 0.3 is 34.5 Å². The summed E-state index contributed by atoms with van der Waals surface area (Å²) in [6.45, 7) is 3.32. The van der Waals surface area contributed by atoms with E-state index in [9.17, 15) is 0 Å². The Labute approximate surface area is 116 Å². The van der Waals surface area contributed by atoms with E-state index in [0.717, 1.165) is 0 Å². The molecule has 0 aliphatic carbocycles. The number of allylic oxidation sites excluding steroid dienone is 3. The molecule has 1 unspecified atom stereocenters. The van der Waals surface area contributed by atoms with Crippen molar-refractivity contribution in [2.75, 3.05) is 0 Å². The second-order valence-corrected chi connectivity index (χ2v) is 7.66. The van der Waals surface area contributed by atoms with Gasteiger partial charge in [0.25, 0.3) is 0 Å². The van der Waals surface area contributed by atoms with Crippen LogP contribution in [0.1, 0.15) is 13.8 Å². The summed E-state index contributed by atoms with van der Waals surface area (Å²) in [6.07, 6.45) is 5.32. The predicted octanol–water partition coefficient (Wildman–Crippen LogP) is 3.26. The van der Waals surface area contributed by atoms with E-state index in [0.29, 0.717) is 17.1 Å². The van der Waals surface area contributed by atoms with Gasteiger partial charge in [0.05, 0.1) is 5.71 Å². The molecule has 0 saturated carbocycles. The molecule has 17 heavy (non-hydrogen) atoms. The summed E-state index contributed by atoms with van der Waals surface area (Å²) in [5, 5.41) is 27.5. The van der Waals surface area contributed by atoms with Crippen molar-refractivity contribution in [3.8, 4) is 0 Å². The van der Waals surface area contributed by atoms with Gasteiger partial charge in [-0.15, -0.1) is 5.70 Å². The number of rotatable bonds is 2. The van der Waals surface area contributed by atoms with Gasteiger partial charge in [-0.3, -0.25) is 0 Å². The van der Waals surface area contributed by atoms with Crippen molar-refractivity contribution in [2.45, 2.75) is 19.9 Å². The molecular weight excluding hydrogens is 318 g/mol. The maximum atomic E-state index is 8.56. The maximum absolute atomic E-state index is 8.56. The van der Waals surface area contributed by atoms with Gasteiger partial charge in [-0.1, -0.05) is 34.6 Å². The van der Waals surface area contributed by atoms with Gasteiger partial charge < -0.3 is 15.7 Å². The van der Waals surface area contributed by atoms with Crippen LogP contribution in [0, 0.1) is 0 Å². The molecule has 1 aliphatic rings. The molecule has 0 fully saturated rings. The van der Waals surface area contributed by atoms with Crippen molar-refractivity contribution in [1.29, 1.82) is 0 Å². The minimum atomic E-state index is -0.931. The van der Waals surface area contributed by atoms with Crippen LogP contribution in [0.25, 0.3) is 5.32 Å². The zero-order valence-electron chi connectivity index (χ0n) is 9.51. The number of hydrogen-bond acceptors (Lipinski definition) is 4. The molecule has 1 heterocycles. The van der Waals surface area contributed by atoms with E-state index in [1.807, 2.05) is 0 Å².